The third-order valence-corrected chi connectivity index (χ3v) is 3.54. The third kappa shape index (κ3) is 3.89. The summed E-state index contributed by atoms with van der Waals surface area (Å²) in [6, 6.07) is 1.59. The first kappa shape index (κ1) is 12.6. The second-order valence-corrected chi connectivity index (χ2v) is 4.84. The van der Waals surface area contributed by atoms with E-state index in [4.69, 9.17) is 28.3 Å². The van der Waals surface area contributed by atoms with Gasteiger partial charge in [-0.05, 0) is 6.07 Å². The van der Waals surface area contributed by atoms with Crippen molar-refractivity contribution in [2.24, 2.45) is 5.92 Å². The fourth-order valence-electron chi connectivity index (χ4n) is 0.783. The zero-order valence-electron chi connectivity index (χ0n) is 7.91. The van der Waals surface area contributed by atoms with E-state index in [9.17, 15) is 4.79 Å². The molecule has 0 spiro atoms. The summed E-state index contributed by atoms with van der Waals surface area (Å²) in [6.45, 7) is 1.64. The highest BCUT2D eigenvalue weighted by molar-refractivity contribution is 7.99. The highest BCUT2D eigenvalue weighted by atomic mass is 35.5. The Hall–Kier alpha value is -0.450. The number of carboxylic acids is 1. The van der Waals surface area contributed by atoms with Gasteiger partial charge < -0.3 is 5.11 Å². The minimum Gasteiger partial charge on any atom is -0.481 e. The van der Waals surface area contributed by atoms with Crippen LogP contribution in [0.25, 0.3) is 0 Å². The lowest BCUT2D eigenvalue weighted by molar-refractivity contribution is -0.140. The zero-order chi connectivity index (χ0) is 11.4. The van der Waals surface area contributed by atoms with E-state index in [1.807, 2.05) is 0 Å². The lowest BCUT2D eigenvalue weighted by Crippen LogP contribution is -2.11. The van der Waals surface area contributed by atoms with Crippen LogP contribution >= 0.6 is 35.0 Å². The quantitative estimate of drug-likeness (QED) is 0.850. The van der Waals surface area contributed by atoms with Crippen molar-refractivity contribution in [3.05, 3.63) is 22.3 Å². The Morgan fingerprint density at radius 3 is 2.87 bits per heavy atom. The summed E-state index contributed by atoms with van der Waals surface area (Å²) in [5.41, 5.74) is 0. The van der Waals surface area contributed by atoms with Crippen molar-refractivity contribution in [1.29, 1.82) is 0 Å². The number of hydrogen-bond donors (Lipinski definition) is 1. The van der Waals surface area contributed by atoms with E-state index in [2.05, 4.69) is 4.98 Å². The lowest BCUT2D eigenvalue weighted by Gasteiger charge is -2.06. The minimum atomic E-state index is -0.826. The van der Waals surface area contributed by atoms with Crippen LogP contribution < -0.4 is 0 Å². The number of carbonyl (C=O) groups is 1. The fraction of sp³-hybridized carbons (Fsp3) is 0.333. The SMILES string of the molecule is CC(CSc1ncc(Cl)cc1Cl)C(=O)O. The summed E-state index contributed by atoms with van der Waals surface area (Å²) in [4.78, 5) is 14.6. The summed E-state index contributed by atoms with van der Waals surface area (Å²) >= 11 is 12.9. The largest absolute Gasteiger partial charge is 0.481 e. The van der Waals surface area contributed by atoms with E-state index in [0.29, 0.717) is 20.8 Å². The maximum Gasteiger partial charge on any atom is 0.307 e. The molecule has 1 rings (SSSR count). The molecule has 15 heavy (non-hydrogen) atoms. The van der Waals surface area contributed by atoms with Crippen LogP contribution in [0.2, 0.25) is 10.0 Å². The van der Waals surface area contributed by atoms with Gasteiger partial charge in [-0.3, -0.25) is 4.79 Å². The van der Waals surface area contributed by atoms with Gasteiger partial charge in [-0.15, -0.1) is 11.8 Å². The van der Waals surface area contributed by atoms with Crippen molar-refractivity contribution in [3.63, 3.8) is 0 Å². The van der Waals surface area contributed by atoms with Crippen molar-refractivity contribution >= 4 is 40.9 Å². The molecular formula is C9H9Cl2NO2S. The van der Waals surface area contributed by atoms with Gasteiger partial charge in [0.1, 0.15) is 5.03 Å². The summed E-state index contributed by atoms with van der Waals surface area (Å²) in [7, 11) is 0. The van der Waals surface area contributed by atoms with Gasteiger partial charge in [0, 0.05) is 11.9 Å². The molecule has 0 aliphatic rings. The molecule has 0 fully saturated rings. The topological polar surface area (TPSA) is 50.2 Å². The van der Waals surface area contributed by atoms with Gasteiger partial charge in [0.15, 0.2) is 0 Å². The number of carboxylic acid groups (broad SMARTS) is 1. The van der Waals surface area contributed by atoms with Crippen LogP contribution in [0.1, 0.15) is 6.92 Å². The molecule has 1 unspecified atom stereocenters. The Morgan fingerprint density at radius 2 is 2.33 bits per heavy atom. The van der Waals surface area contributed by atoms with Gasteiger partial charge in [0.2, 0.25) is 0 Å². The first-order chi connectivity index (χ1) is 7.00. The van der Waals surface area contributed by atoms with E-state index in [1.54, 1.807) is 13.0 Å². The molecule has 0 aliphatic heterocycles. The van der Waals surface area contributed by atoms with Gasteiger partial charge in [-0.2, -0.15) is 0 Å². The second-order valence-electron chi connectivity index (χ2n) is 2.99. The smallest absolute Gasteiger partial charge is 0.307 e. The Bertz CT molecular complexity index is 373. The minimum absolute atomic E-state index is 0.427. The van der Waals surface area contributed by atoms with E-state index in [0.717, 1.165) is 0 Å². The van der Waals surface area contributed by atoms with Gasteiger partial charge in [-0.1, -0.05) is 30.1 Å². The molecule has 0 amide bonds. The van der Waals surface area contributed by atoms with Gasteiger partial charge in [0.25, 0.3) is 0 Å². The molecule has 1 heterocycles. The number of rotatable bonds is 4. The highest BCUT2D eigenvalue weighted by Crippen LogP contribution is 2.28. The molecule has 1 N–H and O–H groups in total. The molecule has 0 bridgehead atoms. The zero-order valence-corrected chi connectivity index (χ0v) is 10.2. The first-order valence-corrected chi connectivity index (χ1v) is 5.91. The molecule has 0 saturated heterocycles. The lowest BCUT2D eigenvalue weighted by atomic mass is 10.2. The van der Waals surface area contributed by atoms with Crippen LogP contribution in [-0.4, -0.2) is 21.8 Å². The number of aromatic nitrogens is 1. The predicted octanol–water partition coefficient (Wildman–Crippen LogP) is 3.20. The van der Waals surface area contributed by atoms with Crippen LogP contribution in [0.3, 0.4) is 0 Å². The molecule has 0 saturated carbocycles. The van der Waals surface area contributed by atoms with E-state index in [-0.39, 0.29) is 0 Å². The average Bonchev–Trinajstić information content (AvgIpc) is 2.15. The Kier molecular flexibility index (Phi) is 4.70. The Balaban J connectivity index is 2.62. The number of halogens is 2. The first-order valence-electron chi connectivity index (χ1n) is 4.17. The van der Waals surface area contributed by atoms with Crippen molar-refractivity contribution in [2.75, 3.05) is 5.75 Å². The number of pyridine rings is 1. The standard InChI is InChI=1S/C9H9Cl2NO2S/c1-5(9(13)14)4-15-8-7(11)2-6(10)3-12-8/h2-3,5H,4H2,1H3,(H,13,14). The molecule has 0 radical (unpaired) electrons. The molecule has 1 aromatic heterocycles. The molecule has 1 aromatic rings. The normalized spacial score (nSPS) is 12.5. The van der Waals surface area contributed by atoms with Crippen LogP contribution in [0.4, 0.5) is 0 Å². The number of hydrogen-bond acceptors (Lipinski definition) is 3. The molecule has 82 valence electrons. The average molecular weight is 266 g/mol. The Labute approximate surface area is 102 Å². The third-order valence-electron chi connectivity index (χ3n) is 1.67. The van der Waals surface area contributed by atoms with Gasteiger partial charge >= 0.3 is 5.97 Å². The van der Waals surface area contributed by atoms with Crippen LogP contribution in [0.15, 0.2) is 17.3 Å². The van der Waals surface area contributed by atoms with Crippen molar-refractivity contribution in [3.8, 4) is 0 Å². The molecule has 1 atom stereocenters. The molecule has 0 aromatic carbocycles. The fourth-order valence-corrected chi connectivity index (χ4v) is 2.20. The number of nitrogens with zero attached hydrogens (tertiary/aromatic N) is 1. The maximum atomic E-state index is 10.6. The molecular weight excluding hydrogens is 257 g/mol. The van der Waals surface area contributed by atoms with Gasteiger partial charge in [0.05, 0.1) is 16.0 Å². The highest BCUT2D eigenvalue weighted by Gasteiger charge is 2.12. The monoisotopic (exact) mass is 265 g/mol. The molecule has 6 heteroatoms. The maximum absolute atomic E-state index is 10.6. The van der Waals surface area contributed by atoms with E-state index in [1.165, 1.54) is 18.0 Å². The van der Waals surface area contributed by atoms with E-state index >= 15 is 0 Å². The van der Waals surface area contributed by atoms with E-state index < -0.39 is 11.9 Å². The van der Waals surface area contributed by atoms with Crippen LogP contribution in [0, 0.1) is 5.92 Å². The summed E-state index contributed by atoms with van der Waals surface area (Å²) in [5, 5.41) is 10.2. The second kappa shape index (κ2) is 5.58. The number of aliphatic carboxylic acids is 1. The number of thioether (sulfide) groups is 1. The summed E-state index contributed by atoms with van der Waals surface area (Å²) in [5.74, 6) is -0.819. The van der Waals surface area contributed by atoms with Gasteiger partial charge in [-0.25, -0.2) is 4.98 Å². The summed E-state index contributed by atoms with van der Waals surface area (Å²) < 4.78 is 0. The molecule has 0 aliphatic carbocycles. The van der Waals surface area contributed by atoms with Crippen LogP contribution in [-0.2, 0) is 4.79 Å². The van der Waals surface area contributed by atoms with Crippen molar-refractivity contribution in [1.82, 2.24) is 4.98 Å². The summed E-state index contributed by atoms with van der Waals surface area (Å²) in [6.07, 6.45) is 1.49. The van der Waals surface area contributed by atoms with Crippen molar-refractivity contribution < 1.29 is 9.90 Å². The van der Waals surface area contributed by atoms with Crippen molar-refractivity contribution in [2.45, 2.75) is 11.9 Å². The van der Waals surface area contributed by atoms with Crippen LogP contribution in [0.5, 0.6) is 0 Å². The molecule has 3 nitrogen and oxygen atoms in total. The Morgan fingerprint density at radius 1 is 1.67 bits per heavy atom. The predicted molar refractivity (Wildman–Crippen MR) is 61.8 cm³/mol.